The number of benzene rings is 4. The van der Waals surface area contributed by atoms with E-state index in [1.54, 1.807) is 0 Å². The largest absolute Gasteiger partial charge is 0.347 e. The zero-order valence-electron chi connectivity index (χ0n) is 23.5. The first-order valence-corrected chi connectivity index (χ1v) is 13.5. The van der Waals surface area contributed by atoms with E-state index in [1.807, 2.05) is 6.20 Å². The molecule has 0 aliphatic rings. The third-order valence-electron chi connectivity index (χ3n) is 7.62. The highest BCUT2D eigenvalue weighted by atomic mass is 15.1. The van der Waals surface area contributed by atoms with Gasteiger partial charge < -0.3 is 9.47 Å². The standard InChI is InChI=1S/C36H38N2/c1-8-26-24-29(22-23-31(26)30-15-11-10-14-25(30)3)38(9-2)28-20-18-27(19-21-28)34-32-16-12-13-17-33(32)37(7)35(34)36(4,5)6/h9-24H,2,8H2,1,3-7H3. The Morgan fingerprint density at radius 2 is 1.47 bits per heavy atom. The lowest BCUT2D eigenvalue weighted by molar-refractivity contribution is 0.549. The number of aromatic nitrogens is 1. The molecule has 5 aromatic rings. The topological polar surface area (TPSA) is 8.17 Å². The molecule has 0 saturated heterocycles. The summed E-state index contributed by atoms with van der Waals surface area (Å²) in [4.78, 5) is 2.18. The molecule has 0 amide bonds. The van der Waals surface area contributed by atoms with Gasteiger partial charge in [0, 0.05) is 52.2 Å². The molecule has 0 bridgehead atoms. The molecule has 1 aromatic heterocycles. The van der Waals surface area contributed by atoms with Crippen molar-refractivity contribution in [1.29, 1.82) is 0 Å². The fraction of sp³-hybridized carbons (Fsp3) is 0.222. The zero-order valence-corrected chi connectivity index (χ0v) is 23.5. The average molecular weight is 499 g/mol. The molecular formula is C36H38N2. The molecule has 0 N–H and O–H groups in total. The fourth-order valence-electron chi connectivity index (χ4n) is 5.87. The van der Waals surface area contributed by atoms with E-state index in [9.17, 15) is 0 Å². The van der Waals surface area contributed by atoms with Crippen molar-refractivity contribution in [3.8, 4) is 22.3 Å². The molecule has 38 heavy (non-hydrogen) atoms. The molecule has 0 fully saturated rings. The van der Waals surface area contributed by atoms with E-state index in [0.717, 1.165) is 17.8 Å². The molecule has 0 saturated carbocycles. The highest BCUT2D eigenvalue weighted by molar-refractivity contribution is 5.99. The number of hydrogen-bond acceptors (Lipinski definition) is 1. The van der Waals surface area contributed by atoms with Crippen LogP contribution in [0.15, 0.2) is 104 Å². The molecule has 1 heterocycles. The van der Waals surface area contributed by atoms with Crippen LogP contribution < -0.4 is 4.90 Å². The number of aryl methyl sites for hydroxylation is 3. The maximum absolute atomic E-state index is 4.16. The second-order valence-corrected chi connectivity index (χ2v) is 11.2. The van der Waals surface area contributed by atoms with Gasteiger partial charge in [-0.15, -0.1) is 0 Å². The van der Waals surface area contributed by atoms with Gasteiger partial charge in [0.15, 0.2) is 0 Å². The van der Waals surface area contributed by atoms with Crippen LogP contribution in [-0.2, 0) is 18.9 Å². The molecule has 0 atom stereocenters. The highest BCUT2D eigenvalue weighted by Crippen LogP contribution is 2.41. The lowest BCUT2D eigenvalue weighted by Crippen LogP contribution is -2.17. The number of fused-ring (bicyclic) bond motifs is 1. The minimum atomic E-state index is 0.0182. The molecule has 0 spiro atoms. The van der Waals surface area contributed by atoms with Crippen molar-refractivity contribution in [3.63, 3.8) is 0 Å². The Morgan fingerprint density at radius 1 is 0.816 bits per heavy atom. The molecule has 5 rings (SSSR count). The van der Waals surface area contributed by atoms with Crippen LogP contribution in [0.5, 0.6) is 0 Å². The molecule has 0 aliphatic heterocycles. The van der Waals surface area contributed by atoms with E-state index in [2.05, 4.69) is 149 Å². The van der Waals surface area contributed by atoms with Crippen molar-refractivity contribution in [2.24, 2.45) is 7.05 Å². The van der Waals surface area contributed by atoms with Gasteiger partial charge in [-0.3, -0.25) is 0 Å². The maximum Gasteiger partial charge on any atom is 0.0486 e. The van der Waals surface area contributed by atoms with Crippen LogP contribution in [-0.4, -0.2) is 4.57 Å². The molecule has 2 nitrogen and oxygen atoms in total. The van der Waals surface area contributed by atoms with E-state index in [0.29, 0.717) is 0 Å². The van der Waals surface area contributed by atoms with Crippen molar-refractivity contribution >= 4 is 22.3 Å². The highest BCUT2D eigenvalue weighted by Gasteiger charge is 2.26. The smallest absolute Gasteiger partial charge is 0.0486 e. The number of hydrogen-bond donors (Lipinski definition) is 0. The molecule has 192 valence electrons. The predicted octanol–water partition coefficient (Wildman–Crippen LogP) is 9.96. The van der Waals surface area contributed by atoms with Crippen LogP contribution in [0.1, 0.15) is 44.5 Å². The van der Waals surface area contributed by atoms with E-state index in [4.69, 9.17) is 0 Å². The minimum Gasteiger partial charge on any atom is -0.347 e. The summed E-state index contributed by atoms with van der Waals surface area (Å²) in [6, 6.07) is 33.0. The monoisotopic (exact) mass is 498 g/mol. The van der Waals surface area contributed by atoms with Crippen LogP contribution >= 0.6 is 0 Å². The molecule has 0 radical (unpaired) electrons. The number of para-hydroxylation sites is 1. The Hall–Kier alpha value is -4.04. The Morgan fingerprint density at radius 3 is 2.13 bits per heavy atom. The Labute approximate surface area is 227 Å². The summed E-state index contributed by atoms with van der Waals surface area (Å²) in [7, 11) is 2.19. The van der Waals surface area contributed by atoms with Gasteiger partial charge in [0.25, 0.3) is 0 Å². The fourth-order valence-corrected chi connectivity index (χ4v) is 5.87. The maximum atomic E-state index is 4.16. The Kier molecular flexibility index (Phi) is 6.75. The average Bonchev–Trinajstić information content (AvgIpc) is 3.23. The zero-order chi connectivity index (χ0) is 27.0. The predicted molar refractivity (Wildman–Crippen MR) is 165 cm³/mol. The van der Waals surface area contributed by atoms with Gasteiger partial charge in [-0.25, -0.2) is 0 Å². The Balaban J connectivity index is 1.55. The van der Waals surface area contributed by atoms with Gasteiger partial charge in [-0.2, -0.15) is 0 Å². The van der Waals surface area contributed by atoms with Gasteiger partial charge in [-0.1, -0.05) is 94.9 Å². The van der Waals surface area contributed by atoms with Gasteiger partial charge in [0.05, 0.1) is 0 Å². The third kappa shape index (κ3) is 4.45. The van der Waals surface area contributed by atoms with Gasteiger partial charge >= 0.3 is 0 Å². The first kappa shape index (κ1) is 25.6. The molecule has 2 heteroatoms. The van der Waals surface area contributed by atoms with Crippen molar-refractivity contribution in [2.45, 2.75) is 46.5 Å². The van der Waals surface area contributed by atoms with Crippen LogP contribution in [0.2, 0.25) is 0 Å². The second-order valence-electron chi connectivity index (χ2n) is 11.2. The summed E-state index contributed by atoms with van der Waals surface area (Å²) in [5.41, 5.74) is 12.7. The normalized spacial score (nSPS) is 11.6. The molecule has 0 unspecified atom stereocenters. The van der Waals surface area contributed by atoms with Crippen LogP contribution in [0, 0.1) is 6.92 Å². The van der Waals surface area contributed by atoms with Gasteiger partial charge in [0.1, 0.15) is 0 Å². The minimum absolute atomic E-state index is 0.0182. The molecule has 4 aromatic carbocycles. The van der Waals surface area contributed by atoms with Crippen LogP contribution in [0.3, 0.4) is 0 Å². The van der Waals surface area contributed by atoms with E-state index >= 15 is 0 Å². The summed E-state index contributed by atoms with van der Waals surface area (Å²) in [6.45, 7) is 15.5. The van der Waals surface area contributed by atoms with E-state index in [-0.39, 0.29) is 5.41 Å². The van der Waals surface area contributed by atoms with Crippen molar-refractivity contribution in [3.05, 3.63) is 121 Å². The van der Waals surface area contributed by atoms with Crippen molar-refractivity contribution in [1.82, 2.24) is 4.57 Å². The van der Waals surface area contributed by atoms with Gasteiger partial charge in [0.2, 0.25) is 0 Å². The Bertz CT molecular complexity index is 1610. The first-order chi connectivity index (χ1) is 18.2. The number of nitrogens with zero attached hydrogens (tertiary/aromatic N) is 2. The summed E-state index contributed by atoms with van der Waals surface area (Å²) >= 11 is 0. The van der Waals surface area contributed by atoms with Crippen LogP contribution in [0.4, 0.5) is 11.4 Å². The molecular weight excluding hydrogens is 460 g/mol. The quantitative estimate of drug-likeness (QED) is 0.226. The van der Waals surface area contributed by atoms with E-state index in [1.165, 1.54) is 50.0 Å². The van der Waals surface area contributed by atoms with Crippen molar-refractivity contribution in [2.75, 3.05) is 4.90 Å². The van der Waals surface area contributed by atoms with Crippen LogP contribution in [0.25, 0.3) is 33.2 Å². The third-order valence-corrected chi connectivity index (χ3v) is 7.62. The summed E-state index contributed by atoms with van der Waals surface area (Å²) in [6.07, 6.45) is 2.88. The first-order valence-electron chi connectivity index (χ1n) is 13.5. The second kappa shape index (κ2) is 10.0. The lowest BCUT2D eigenvalue weighted by atomic mass is 9.86. The summed E-state index contributed by atoms with van der Waals surface area (Å²) in [5.74, 6) is 0. The van der Waals surface area contributed by atoms with Gasteiger partial charge in [-0.05, 0) is 71.5 Å². The summed E-state index contributed by atoms with van der Waals surface area (Å²) < 4.78 is 2.36. The molecule has 0 aliphatic carbocycles. The van der Waals surface area contributed by atoms with Crippen molar-refractivity contribution < 1.29 is 0 Å². The summed E-state index contributed by atoms with van der Waals surface area (Å²) in [5, 5.41) is 1.30. The number of anilines is 2. The van der Waals surface area contributed by atoms with E-state index < -0.39 is 0 Å². The SMILES string of the molecule is C=CN(c1ccc(-c2c(C(C)(C)C)n(C)c3ccccc23)cc1)c1ccc(-c2ccccc2C)c(CC)c1. The lowest BCUT2D eigenvalue weighted by Gasteiger charge is -2.24. The number of rotatable bonds is 6.